The summed E-state index contributed by atoms with van der Waals surface area (Å²) in [7, 11) is 0. The topological polar surface area (TPSA) is 62.3 Å². The van der Waals surface area contributed by atoms with Crippen LogP contribution >= 0.6 is 0 Å². The molecule has 2 saturated heterocycles. The molecule has 3 aliphatic heterocycles. The average Bonchev–Trinajstić information content (AvgIpc) is 3.03. The number of fused-ring (bicyclic) bond motifs is 1. The van der Waals surface area contributed by atoms with Crippen LogP contribution in [0.5, 0.6) is 11.5 Å². The Morgan fingerprint density at radius 3 is 2.34 bits per heavy atom. The van der Waals surface area contributed by atoms with Gasteiger partial charge in [0, 0.05) is 45.3 Å². The Morgan fingerprint density at radius 1 is 0.862 bits per heavy atom. The van der Waals surface area contributed by atoms with Crippen molar-refractivity contribution in [1.82, 2.24) is 14.7 Å². The van der Waals surface area contributed by atoms with Crippen molar-refractivity contribution in [2.45, 2.75) is 25.7 Å². The molecule has 2 fully saturated rings. The van der Waals surface area contributed by atoms with Gasteiger partial charge in [-0.15, -0.1) is 0 Å². The highest BCUT2D eigenvalue weighted by atomic mass is 16.7. The van der Waals surface area contributed by atoms with E-state index >= 15 is 0 Å². The van der Waals surface area contributed by atoms with Crippen molar-refractivity contribution < 1.29 is 19.1 Å². The highest BCUT2D eigenvalue weighted by Gasteiger charge is 2.23. The van der Waals surface area contributed by atoms with Crippen molar-refractivity contribution in [3.63, 3.8) is 0 Å². The molecule has 0 aliphatic carbocycles. The summed E-state index contributed by atoms with van der Waals surface area (Å²) in [5.41, 5.74) is 0.907. The van der Waals surface area contributed by atoms with Crippen LogP contribution in [0.1, 0.15) is 31.2 Å². The summed E-state index contributed by atoms with van der Waals surface area (Å²) >= 11 is 0. The zero-order chi connectivity index (χ0) is 20.1. The number of ether oxygens (including phenoxy) is 2. The van der Waals surface area contributed by atoms with Gasteiger partial charge in [0.25, 0.3) is 0 Å². The van der Waals surface area contributed by atoms with Crippen LogP contribution in [-0.2, 0) is 9.59 Å². The van der Waals surface area contributed by atoms with E-state index in [9.17, 15) is 9.59 Å². The van der Waals surface area contributed by atoms with E-state index in [1.165, 1.54) is 12.8 Å². The number of hydrogen-bond donors (Lipinski definition) is 0. The van der Waals surface area contributed by atoms with Gasteiger partial charge in [-0.25, -0.2) is 0 Å². The van der Waals surface area contributed by atoms with E-state index in [1.54, 1.807) is 12.2 Å². The fraction of sp³-hybridized carbons (Fsp3) is 0.545. The predicted octanol–water partition coefficient (Wildman–Crippen LogP) is 1.98. The Kier molecular flexibility index (Phi) is 6.34. The zero-order valence-corrected chi connectivity index (χ0v) is 16.8. The minimum absolute atomic E-state index is 0.00108. The zero-order valence-electron chi connectivity index (χ0n) is 16.8. The third-order valence-electron chi connectivity index (χ3n) is 5.82. The molecule has 7 nitrogen and oxygen atoms in total. The van der Waals surface area contributed by atoms with Crippen molar-refractivity contribution in [3.8, 4) is 11.5 Å². The van der Waals surface area contributed by atoms with Crippen LogP contribution in [-0.4, -0.2) is 79.1 Å². The molecule has 0 atom stereocenters. The molecule has 7 heteroatoms. The summed E-state index contributed by atoms with van der Waals surface area (Å²) in [5, 5.41) is 0. The molecule has 0 bridgehead atoms. The highest BCUT2D eigenvalue weighted by Crippen LogP contribution is 2.32. The first-order chi connectivity index (χ1) is 14.2. The van der Waals surface area contributed by atoms with E-state index < -0.39 is 0 Å². The second kappa shape index (κ2) is 9.31. The van der Waals surface area contributed by atoms with Crippen LogP contribution in [0.3, 0.4) is 0 Å². The van der Waals surface area contributed by atoms with Crippen molar-refractivity contribution in [2.75, 3.05) is 52.6 Å². The Labute approximate surface area is 171 Å². The standard InChI is InChI=1S/C22H29N3O4/c26-21(8-6-18-5-7-19-20(15-18)29-17-28-19)25-13-11-23(12-14-25)16-22(27)24-9-3-1-2-4-10-24/h5-8,15H,1-4,9-14,16-17H2. The first-order valence-electron chi connectivity index (χ1n) is 10.6. The van der Waals surface area contributed by atoms with E-state index in [0.717, 1.165) is 50.3 Å². The van der Waals surface area contributed by atoms with Crippen molar-refractivity contribution >= 4 is 17.9 Å². The number of carbonyl (C=O) groups is 2. The fourth-order valence-electron chi connectivity index (χ4n) is 4.03. The van der Waals surface area contributed by atoms with Gasteiger partial charge in [-0.3, -0.25) is 14.5 Å². The molecular weight excluding hydrogens is 370 g/mol. The van der Waals surface area contributed by atoms with Crippen LogP contribution in [0.15, 0.2) is 24.3 Å². The first-order valence-corrected chi connectivity index (χ1v) is 10.6. The molecule has 0 saturated carbocycles. The first kappa shape index (κ1) is 19.8. The molecule has 2 amide bonds. The molecule has 0 N–H and O–H groups in total. The van der Waals surface area contributed by atoms with E-state index in [2.05, 4.69) is 4.90 Å². The fourth-order valence-corrected chi connectivity index (χ4v) is 4.03. The number of amides is 2. The van der Waals surface area contributed by atoms with Gasteiger partial charge in [-0.1, -0.05) is 18.9 Å². The molecule has 3 heterocycles. The number of carbonyl (C=O) groups excluding carboxylic acids is 2. The number of piperazine rings is 1. The molecule has 3 aliphatic rings. The van der Waals surface area contributed by atoms with Gasteiger partial charge in [0.15, 0.2) is 11.5 Å². The second-order valence-corrected chi connectivity index (χ2v) is 7.84. The molecule has 1 aromatic rings. The average molecular weight is 399 g/mol. The van der Waals surface area contributed by atoms with E-state index in [1.807, 2.05) is 28.0 Å². The number of rotatable bonds is 4. The van der Waals surface area contributed by atoms with Gasteiger partial charge < -0.3 is 19.3 Å². The summed E-state index contributed by atoms with van der Waals surface area (Å²) in [6.07, 6.45) is 8.09. The van der Waals surface area contributed by atoms with Gasteiger partial charge >= 0.3 is 0 Å². The molecule has 156 valence electrons. The number of likely N-dealkylation sites (tertiary alicyclic amines) is 1. The smallest absolute Gasteiger partial charge is 0.246 e. The van der Waals surface area contributed by atoms with Gasteiger partial charge in [-0.2, -0.15) is 0 Å². The normalized spacial score (nSPS) is 20.1. The minimum Gasteiger partial charge on any atom is -0.454 e. The molecule has 0 aromatic heterocycles. The minimum atomic E-state index is 0.00108. The molecule has 0 radical (unpaired) electrons. The predicted molar refractivity (Wildman–Crippen MR) is 110 cm³/mol. The summed E-state index contributed by atoms with van der Waals surface area (Å²) in [6, 6.07) is 5.63. The molecule has 0 spiro atoms. The van der Waals surface area contributed by atoms with Gasteiger partial charge in [-0.05, 0) is 36.6 Å². The molecule has 1 aromatic carbocycles. The maximum Gasteiger partial charge on any atom is 0.246 e. The van der Waals surface area contributed by atoms with Crippen LogP contribution in [0, 0.1) is 0 Å². The summed E-state index contributed by atoms with van der Waals surface area (Å²) < 4.78 is 10.7. The SMILES string of the molecule is O=C(C=Cc1ccc2c(c1)OCO2)N1CCN(CC(=O)N2CCCCCC2)CC1. The van der Waals surface area contributed by atoms with Crippen molar-refractivity contribution in [1.29, 1.82) is 0 Å². The maximum absolute atomic E-state index is 12.5. The lowest BCUT2D eigenvalue weighted by molar-refractivity contribution is -0.133. The maximum atomic E-state index is 12.5. The highest BCUT2D eigenvalue weighted by molar-refractivity contribution is 5.92. The Balaban J connectivity index is 1.23. The molecular formula is C22H29N3O4. The van der Waals surface area contributed by atoms with Gasteiger partial charge in [0.2, 0.25) is 18.6 Å². The van der Waals surface area contributed by atoms with Crippen LogP contribution in [0.25, 0.3) is 6.08 Å². The third-order valence-corrected chi connectivity index (χ3v) is 5.82. The largest absolute Gasteiger partial charge is 0.454 e. The van der Waals surface area contributed by atoms with Crippen molar-refractivity contribution in [2.24, 2.45) is 0 Å². The Morgan fingerprint density at radius 2 is 1.59 bits per heavy atom. The monoisotopic (exact) mass is 399 g/mol. The lowest BCUT2D eigenvalue weighted by Crippen LogP contribution is -2.51. The van der Waals surface area contributed by atoms with Crippen LogP contribution in [0.4, 0.5) is 0 Å². The van der Waals surface area contributed by atoms with Crippen LogP contribution < -0.4 is 9.47 Å². The second-order valence-electron chi connectivity index (χ2n) is 7.84. The van der Waals surface area contributed by atoms with Crippen molar-refractivity contribution in [3.05, 3.63) is 29.8 Å². The van der Waals surface area contributed by atoms with E-state index in [4.69, 9.17) is 9.47 Å². The number of hydrogen-bond acceptors (Lipinski definition) is 5. The van der Waals surface area contributed by atoms with E-state index in [-0.39, 0.29) is 18.6 Å². The Hall–Kier alpha value is -2.54. The number of nitrogens with zero attached hydrogens (tertiary/aromatic N) is 3. The van der Waals surface area contributed by atoms with Gasteiger partial charge in [0.1, 0.15) is 0 Å². The summed E-state index contributed by atoms with van der Waals surface area (Å²) in [4.78, 5) is 31.1. The van der Waals surface area contributed by atoms with E-state index in [0.29, 0.717) is 25.4 Å². The summed E-state index contributed by atoms with van der Waals surface area (Å²) in [6.45, 7) is 5.27. The molecule has 4 rings (SSSR count). The molecule has 29 heavy (non-hydrogen) atoms. The quantitative estimate of drug-likeness (QED) is 0.725. The number of benzene rings is 1. The van der Waals surface area contributed by atoms with Gasteiger partial charge in [0.05, 0.1) is 6.54 Å². The van der Waals surface area contributed by atoms with Crippen LogP contribution in [0.2, 0.25) is 0 Å². The molecule has 0 unspecified atom stereocenters. The Bertz CT molecular complexity index is 763. The third kappa shape index (κ3) is 5.09. The lowest BCUT2D eigenvalue weighted by atomic mass is 10.2. The lowest BCUT2D eigenvalue weighted by Gasteiger charge is -2.34. The summed E-state index contributed by atoms with van der Waals surface area (Å²) in [5.74, 6) is 1.68.